The van der Waals surface area contributed by atoms with E-state index >= 15 is 0 Å². The zero-order chi connectivity index (χ0) is 15.1. The molecule has 9 heteroatoms. The summed E-state index contributed by atoms with van der Waals surface area (Å²) in [6.07, 6.45) is 1.78. The number of carbonyl (C=O) groups is 1. The molecule has 1 aromatic heterocycles. The van der Waals surface area contributed by atoms with E-state index in [0.29, 0.717) is 25.5 Å². The Kier molecular flexibility index (Phi) is 3.30. The summed E-state index contributed by atoms with van der Waals surface area (Å²) in [5.74, 6) is 0.317. The maximum atomic E-state index is 12.4. The fourth-order valence-corrected chi connectivity index (χ4v) is 3.17. The average Bonchev–Trinajstić information content (AvgIpc) is 3.00. The normalized spacial score (nSPS) is 24.6. The molecule has 114 valence electrons. The van der Waals surface area contributed by atoms with Crippen LogP contribution in [0.1, 0.15) is 23.3 Å². The lowest BCUT2D eigenvalue weighted by atomic mass is 9.97. The van der Waals surface area contributed by atoms with E-state index in [2.05, 4.69) is 15.6 Å². The molecule has 2 aliphatic rings. The number of rotatable bonds is 3. The molecule has 2 atom stereocenters. The number of hydrogen-bond acceptors (Lipinski definition) is 5. The maximum absolute atomic E-state index is 12.4. The summed E-state index contributed by atoms with van der Waals surface area (Å²) in [6.45, 7) is 1.55. The molecule has 9 nitrogen and oxygen atoms in total. The van der Waals surface area contributed by atoms with Gasteiger partial charge in [0.05, 0.1) is 24.5 Å². The molecule has 0 radical (unpaired) electrons. The van der Waals surface area contributed by atoms with Crippen molar-refractivity contribution in [3.05, 3.63) is 17.5 Å². The largest absolute Gasteiger partial charge is 0.329 e. The van der Waals surface area contributed by atoms with Gasteiger partial charge in [0.2, 0.25) is 0 Å². The fraction of sp³-hybridized carbons (Fsp3) is 0.583. The van der Waals surface area contributed by atoms with Gasteiger partial charge in [-0.15, -0.1) is 0 Å². The van der Waals surface area contributed by atoms with E-state index in [9.17, 15) is 10.0 Å². The molecule has 0 unspecified atom stereocenters. The SMILES string of the molecule is CN=C(NO)[C@@H]1c2c(cnn2CCN)[C@@H]2CN1C(=O)N2C. The number of nitrogens with zero attached hydrogens (tertiary/aromatic N) is 5. The van der Waals surface area contributed by atoms with Crippen LogP contribution in [-0.2, 0) is 6.54 Å². The molecular weight excluding hydrogens is 274 g/mol. The second-order valence-corrected chi connectivity index (χ2v) is 5.18. The Hall–Kier alpha value is -2.13. The minimum Gasteiger partial charge on any atom is -0.329 e. The molecule has 4 N–H and O–H groups in total. The Morgan fingerprint density at radius 3 is 3.05 bits per heavy atom. The number of carbonyl (C=O) groups excluding carboxylic acids is 1. The van der Waals surface area contributed by atoms with Crippen LogP contribution in [0.25, 0.3) is 0 Å². The first-order chi connectivity index (χ1) is 10.1. The topological polar surface area (TPSA) is 112 Å². The van der Waals surface area contributed by atoms with Crippen molar-refractivity contribution in [1.82, 2.24) is 25.1 Å². The predicted molar refractivity (Wildman–Crippen MR) is 74.9 cm³/mol. The van der Waals surface area contributed by atoms with Crippen LogP contribution in [0.4, 0.5) is 4.79 Å². The van der Waals surface area contributed by atoms with Crippen molar-refractivity contribution >= 4 is 11.9 Å². The third kappa shape index (κ3) is 1.81. The number of amidine groups is 1. The minimum absolute atomic E-state index is 0.0212. The van der Waals surface area contributed by atoms with Gasteiger partial charge in [0.1, 0.15) is 11.9 Å². The summed E-state index contributed by atoms with van der Waals surface area (Å²) in [4.78, 5) is 19.8. The van der Waals surface area contributed by atoms with Gasteiger partial charge in [-0.25, -0.2) is 4.79 Å². The first-order valence-corrected chi connectivity index (χ1v) is 6.79. The van der Waals surface area contributed by atoms with Crippen LogP contribution in [-0.4, -0.2) is 63.8 Å². The number of likely N-dealkylation sites (N-methyl/N-ethyl adjacent to an activating group) is 1. The van der Waals surface area contributed by atoms with Crippen LogP contribution in [0.3, 0.4) is 0 Å². The lowest BCUT2D eigenvalue weighted by Gasteiger charge is -2.32. The highest BCUT2D eigenvalue weighted by Gasteiger charge is 2.49. The molecule has 2 bridgehead atoms. The quantitative estimate of drug-likeness (QED) is 0.388. The van der Waals surface area contributed by atoms with Crippen LogP contribution < -0.4 is 11.2 Å². The average molecular weight is 293 g/mol. The number of hydroxylamine groups is 1. The Bertz CT molecular complexity index is 596. The van der Waals surface area contributed by atoms with Crippen molar-refractivity contribution in [3.63, 3.8) is 0 Å². The minimum atomic E-state index is -0.474. The first kappa shape index (κ1) is 13.8. The molecule has 0 aliphatic carbocycles. The standard InChI is InChI=1S/C12H19N7O2/c1-14-11(16-21)10-9-7(5-15-19(9)4-3-13)8-6-18(10)12(20)17(8)2/h5,8,10,21H,3-4,6,13H2,1-2H3,(H,14,16)/t8-,10-/m0/s1. The van der Waals surface area contributed by atoms with Gasteiger partial charge in [-0.2, -0.15) is 5.10 Å². The Morgan fingerprint density at radius 2 is 2.43 bits per heavy atom. The highest BCUT2D eigenvalue weighted by atomic mass is 16.5. The third-order valence-corrected chi connectivity index (χ3v) is 4.18. The molecule has 3 rings (SSSR count). The van der Waals surface area contributed by atoms with E-state index in [1.165, 1.54) is 0 Å². The van der Waals surface area contributed by atoms with E-state index in [-0.39, 0.29) is 12.1 Å². The number of nitrogens with one attached hydrogen (secondary N) is 1. The van der Waals surface area contributed by atoms with E-state index in [4.69, 9.17) is 5.73 Å². The molecule has 1 fully saturated rings. The number of aromatic nitrogens is 2. The first-order valence-electron chi connectivity index (χ1n) is 6.79. The molecule has 2 amide bonds. The van der Waals surface area contributed by atoms with Crippen molar-refractivity contribution in [1.29, 1.82) is 0 Å². The molecule has 0 spiro atoms. The van der Waals surface area contributed by atoms with E-state index in [1.54, 1.807) is 34.8 Å². The van der Waals surface area contributed by atoms with Crippen LogP contribution in [0.2, 0.25) is 0 Å². The number of aliphatic imine (C=N–C) groups is 1. The highest BCUT2D eigenvalue weighted by molar-refractivity contribution is 5.93. The van der Waals surface area contributed by atoms with Crippen LogP contribution in [0.5, 0.6) is 0 Å². The van der Waals surface area contributed by atoms with Crippen molar-refractivity contribution < 1.29 is 10.0 Å². The number of amides is 2. The van der Waals surface area contributed by atoms with Crippen LogP contribution >= 0.6 is 0 Å². The maximum Gasteiger partial charge on any atom is 0.321 e. The zero-order valence-corrected chi connectivity index (χ0v) is 12.0. The molecule has 0 saturated carbocycles. The van der Waals surface area contributed by atoms with E-state index in [0.717, 1.165) is 11.3 Å². The van der Waals surface area contributed by atoms with Gasteiger partial charge >= 0.3 is 6.03 Å². The van der Waals surface area contributed by atoms with Gasteiger partial charge in [-0.3, -0.25) is 20.4 Å². The van der Waals surface area contributed by atoms with Gasteiger partial charge in [0.15, 0.2) is 0 Å². The molecule has 2 aliphatic heterocycles. The highest BCUT2D eigenvalue weighted by Crippen LogP contribution is 2.43. The van der Waals surface area contributed by atoms with Gasteiger partial charge in [0.25, 0.3) is 0 Å². The summed E-state index contributed by atoms with van der Waals surface area (Å²) in [5.41, 5.74) is 9.58. The van der Waals surface area contributed by atoms with Crippen molar-refractivity contribution in [2.75, 3.05) is 27.2 Å². The van der Waals surface area contributed by atoms with Gasteiger partial charge in [0, 0.05) is 32.7 Å². The smallest absolute Gasteiger partial charge is 0.321 e. The van der Waals surface area contributed by atoms with Crippen molar-refractivity contribution in [3.8, 4) is 0 Å². The third-order valence-electron chi connectivity index (χ3n) is 4.18. The van der Waals surface area contributed by atoms with E-state index < -0.39 is 6.04 Å². The van der Waals surface area contributed by atoms with Crippen LogP contribution in [0.15, 0.2) is 11.2 Å². The number of urea groups is 1. The Morgan fingerprint density at radius 1 is 1.67 bits per heavy atom. The predicted octanol–water partition coefficient (Wildman–Crippen LogP) is -0.688. The lowest BCUT2D eigenvalue weighted by molar-refractivity contribution is 0.184. The van der Waals surface area contributed by atoms with Crippen molar-refractivity contribution in [2.24, 2.45) is 10.7 Å². The number of nitrogens with two attached hydrogens (primary N) is 1. The van der Waals surface area contributed by atoms with Gasteiger partial charge < -0.3 is 15.5 Å². The molecular formula is C12H19N7O2. The molecule has 0 aromatic carbocycles. The van der Waals surface area contributed by atoms with Gasteiger partial charge in [-0.05, 0) is 0 Å². The lowest BCUT2D eigenvalue weighted by Crippen LogP contribution is -2.43. The second kappa shape index (κ2) is 5.01. The Balaban J connectivity index is 2.16. The zero-order valence-electron chi connectivity index (χ0n) is 12.0. The molecule has 1 aromatic rings. The Labute approximate surface area is 122 Å². The number of hydrogen-bond donors (Lipinski definition) is 3. The molecule has 3 heterocycles. The fourth-order valence-electron chi connectivity index (χ4n) is 3.17. The monoisotopic (exact) mass is 293 g/mol. The summed E-state index contributed by atoms with van der Waals surface area (Å²) in [7, 11) is 3.34. The molecule has 1 saturated heterocycles. The summed E-state index contributed by atoms with van der Waals surface area (Å²) in [5, 5.41) is 13.7. The van der Waals surface area contributed by atoms with Crippen molar-refractivity contribution in [2.45, 2.75) is 18.6 Å². The molecule has 21 heavy (non-hydrogen) atoms. The van der Waals surface area contributed by atoms with Gasteiger partial charge in [-0.1, -0.05) is 0 Å². The van der Waals surface area contributed by atoms with Crippen LogP contribution in [0, 0.1) is 0 Å². The number of fused-ring (bicyclic) bond motifs is 4. The summed E-state index contributed by atoms with van der Waals surface area (Å²) in [6, 6.07) is -0.582. The summed E-state index contributed by atoms with van der Waals surface area (Å²) >= 11 is 0. The second-order valence-electron chi connectivity index (χ2n) is 5.18. The summed E-state index contributed by atoms with van der Waals surface area (Å²) < 4.78 is 1.79. The van der Waals surface area contributed by atoms with E-state index in [1.807, 2.05) is 0 Å².